The molecule has 2 saturated heterocycles. The highest BCUT2D eigenvalue weighted by atomic mass is 19.4. The first-order valence-corrected chi connectivity index (χ1v) is 13.7. The van der Waals surface area contributed by atoms with Crippen molar-refractivity contribution in [2.75, 3.05) is 57.8 Å². The summed E-state index contributed by atoms with van der Waals surface area (Å²) in [7, 11) is 1.89. The van der Waals surface area contributed by atoms with Gasteiger partial charge in [0.25, 0.3) is 0 Å². The lowest BCUT2D eigenvalue weighted by Crippen LogP contribution is -2.64. The van der Waals surface area contributed by atoms with Crippen LogP contribution in [0.4, 0.5) is 19.0 Å². The number of fused-ring (bicyclic) bond motifs is 1. The standard InChI is InChI=1S/C28H36F3N7O2/c1-19-7-8-24(32-15-19)36-11-13-37(14-12-36)25(39)9-10-35(2)18-23-21-6-4-3-5-20(21)17-38(23)22-16-33-34-27(40)26(22)28(29,30)31/h3-8,15,22-23,26,33H,9-14,16-18H2,1-2H3,(H,34,40)/t22?,23-,26?/m1/s1. The summed E-state index contributed by atoms with van der Waals surface area (Å²) in [6.07, 6.45) is -2.49. The molecule has 2 fully saturated rings. The van der Waals surface area contributed by atoms with Crippen LogP contribution in [0.2, 0.25) is 0 Å². The topological polar surface area (TPSA) is 84.0 Å². The summed E-state index contributed by atoms with van der Waals surface area (Å²) in [6.45, 7) is 5.93. The lowest BCUT2D eigenvalue weighted by Gasteiger charge is -2.42. The molecule has 1 aromatic carbocycles. The van der Waals surface area contributed by atoms with Gasteiger partial charge in [-0.15, -0.1) is 0 Å². The van der Waals surface area contributed by atoms with Gasteiger partial charge in [0, 0.05) is 77.1 Å². The van der Waals surface area contributed by atoms with E-state index in [0.29, 0.717) is 39.1 Å². The molecule has 2 aromatic rings. The van der Waals surface area contributed by atoms with Gasteiger partial charge in [-0.25, -0.2) is 10.4 Å². The number of halogens is 3. The van der Waals surface area contributed by atoms with Crippen LogP contribution in [-0.2, 0) is 16.1 Å². The first-order valence-electron chi connectivity index (χ1n) is 13.7. The summed E-state index contributed by atoms with van der Waals surface area (Å²) in [4.78, 5) is 37.6. The number of hydrogen-bond acceptors (Lipinski definition) is 7. The minimum absolute atomic E-state index is 0.00725. The molecule has 3 atom stereocenters. The second-order valence-corrected chi connectivity index (χ2v) is 10.9. The van der Waals surface area contributed by atoms with Gasteiger partial charge in [-0.2, -0.15) is 13.2 Å². The number of piperazine rings is 1. The Morgan fingerprint density at radius 1 is 1.12 bits per heavy atom. The second kappa shape index (κ2) is 11.7. The van der Waals surface area contributed by atoms with Gasteiger partial charge in [-0.05, 0) is 36.7 Å². The van der Waals surface area contributed by atoms with Crippen molar-refractivity contribution in [3.05, 3.63) is 59.3 Å². The summed E-state index contributed by atoms with van der Waals surface area (Å²) in [5, 5.41) is 0. The van der Waals surface area contributed by atoms with E-state index in [1.165, 1.54) is 0 Å². The second-order valence-electron chi connectivity index (χ2n) is 10.9. The van der Waals surface area contributed by atoms with Crippen molar-refractivity contribution < 1.29 is 22.8 Å². The van der Waals surface area contributed by atoms with Gasteiger partial charge >= 0.3 is 6.18 Å². The highest BCUT2D eigenvalue weighted by Crippen LogP contribution is 2.41. The Morgan fingerprint density at radius 3 is 2.58 bits per heavy atom. The molecule has 3 aliphatic rings. The number of carbonyl (C=O) groups excluding carboxylic acids is 2. The molecular weight excluding hydrogens is 523 g/mol. The largest absolute Gasteiger partial charge is 0.402 e. The van der Waals surface area contributed by atoms with Crippen LogP contribution >= 0.6 is 0 Å². The Labute approximate surface area is 232 Å². The third kappa shape index (κ3) is 6.08. The first-order chi connectivity index (χ1) is 19.1. The quantitative estimate of drug-likeness (QED) is 0.538. The van der Waals surface area contributed by atoms with Gasteiger partial charge in [0.2, 0.25) is 11.8 Å². The van der Waals surface area contributed by atoms with Gasteiger partial charge in [-0.3, -0.25) is 19.9 Å². The number of likely N-dealkylation sites (N-methyl/N-ethyl adjacent to an activating group) is 1. The number of rotatable bonds is 7. The summed E-state index contributed by atoms with van der Waals surface area (Å²) in [5.74, 6) is -2.20. The van der Waals surface area contributed by atoms with Crippen LogP contribution in [0.5, 0.6) is 0 Å². The van der Waals surface area contributed by atoms with E-state index in [0.717, 1.165) is 35.6 Å². The molecule has 0 radical (unpaired) electrons. The average Bonchev–Trinajstić information content (AvgIpc) is 3.29. The van der Waals surface area contributed by atoms with Crippen molar-refractivity contribution in [2.45, 2.75) is 38.1 Å². The first kappa shape index (κ1) is 28.3. The third-order valence-corrected chi connectivity index (χ3v) is 8.18. The highest BCUT2D eigenvalue weighted by Gasteiger charge is 2.54. The van der Waals surface area contributed by atoms with Crippen LogP contribution < -0.4 is 15.8 Å². The smallest absolute Gasteiger partial charge is 0.353 e. The molecule has 1 aromatic heterocycles. The molecular formula is C28H36F3N7O2. The van der Waals surface area contributed by atoms with Crippen molar-refractivity contribution in [2.24, 2.45) is 5.92 Å². The number of aryl methyl sites for hydroxylation is 1. The van der Waals surface area contributed by atoms with Crippen molar-refractivity contribution in [3.63, 3.8) is 0 Å². The van der Waals surface area contributed by atoms with E-state index in [4.69, 9.17) is 0 Å². The third-order valence-electron chi connectivity index (χ3n) is 8.18. The lowest BCUT2D eigenvalue weighted by atomic mass is 9.93. The molecule has 2 unspecified atom stereocenters. The van der Waals surface area contributed by atoms with Gasteiger partial charge < -0.3 is 14.7 Å². The molecule has 0 bridgehead atoms. The van der Waals surface area contributed by atoms with Gasteiger partial charge in [0.1, 0.15) is 5.82 Å². The molecule has 0 spiro atoms. The molecule has 2 amide bonds. The zero-order valence-corrected chi connectivity index (χ0v) is 22.8. The number of nitrogens with one attached hydrogen (secondary N) is 2. The predicted molar refractivity (Wildman–Crippen MR) is 144 cm³/mol. The predicted octanol–water partition coefficient (Wildman–Crippen LogP) is 2.10. The van der Waals surface area contributed by atoms with Crippen molar-refractivity contribution in [1.82, 2.24) is 30.5 Å². The molecule has 12 heteroatoms. The normalized spacial score (nSPS) is 23.9. The fraction of sp³-hybridized carbons (Fsp3) is 0.536. The summed E-state index contributed by atoms with van der Waals surface area (Å²) in [5.41, 5.74) is 7.83. The molecule has 216 valence electrons. The molecule has 3 aliphatic heterocycles. The van der Waals surface area contributed by atoms with Gasteiger partial charge in [0.15, 0.2) is 5.92 Å². The average molecular weight is 560 g/mol. The molecule has 4 heterocycles. The zero-order valence-electron chi connectivity index (χ0n) is 22.8. The number of carbonyl (C=O) groups is 2. The van der Waals surface area contributed by atoms with E-state index in [1.54, 1.807) is 4.90 Å². The van der Waals surface area contributed by atoms with Crippen LogP contribution in [0.25, 0.3) is 0 Å². The molecule has 40 heavy (non-hydrogen) atoms. The van der Waals surface area contributed by atoms with Crippen LogP contribution in [0.3, 0.4) is 0 Å². The van der Waals surface area contributed by atoms with E-state index in [-0.39, 0.29) is 18.5 Å². The Hall–Kier alpha value is -3.22. The van der Waals surface area contributed by atoms with Crippen LogP contribution in [0.15, 0.2) is 42.6 Å². The SMILES string of the molecule is Cc1ccc(N2CCN(C(=O)CCN(C)C[C@@H]3c4ccccc4CN3C3CNNC(=O)C3C(F)(F)F)CC2)nc1. The van der Waals surface area contributed by atoms with E-state index >= 15 is 0 Å². The summed E-state index contributed by atoms with van der Waals surface area (Å²) >= 11 is 0. The number of aromatic nitrogens is 1. The number of pyridine rings is 1. The van der Waals surface area contributed by atoms with E-state index in [9.17, 15) is 22.8 Å². The van der Waals surface area contributed by atoms with Crippen molar-refractivity contribution >= 4 is 17.6 Å². The Bertz CT molecular complexity index is 1200. The summed E-state index contributed by atoms with van der Waals surface area (Å²) in [6, 6.07) is 10.3. The number of benzene rings is 1. The van der Waals surface area contributed by atoms with E-state index in [2.05, 4.69) is 20.7 Å². The van der Waals surface area contributed by atoms with Crippen LogP contribution in [0, 0.1) is 12.8 Å². The fourth-order valence-electron chi connectivity index (χ4n) is 5.99. The number of nitrogens with zero attached hydrogens (tertiary/aromatic N) is 5. The maximum absolute atomic E-state index is 14.0. The Balaban J connectivity index is 1.19. The number of amides is 2. The highest BCUT2D eigenvalue weighted by molar-refractivity contribution is 5.80. The fourth-order valence-corrected chi connectivity index (χ4v) is 5.99. The van der Waals surface area contributed by atoms with Gasteiger partial charge in [0.05, 0.1) is 0 Å². The van der Waals surface area contributed by atoms with Crippen LogP contribution in [0.1, 0.15) is 29.2 Å². The van der Waals surface area contributed by atoms with E-state index < -0.39 is 24.0 Å². The Morgan fingerprint density at radius 2 is 1.88 bits per heavy atom. The summed E-state index contributed by atoms with van der Waals surface area (Å²) < 4.78 is 41.9. The lowest BCUT2D eigenvalue weighted by molar-refractivity contribution is -0.202. The molecule has 0 saturated carbocycles. The Kier molecular flexibility index (Phi) is 8.29. The molecule has 0 aliphatic carbocycles. The number of hydrazine groups is 1. The number of alkyl halides is 3. The van der Waals surface area contributed by atoms with Crippen molar-refractivity contribution in [1.29, 1.82) is 0 Å². The maximum Gasteiger partial charge on any atom is 0.402 e. The van der Waals surface area contributed by atoms with Crippen LogP contribution in [-0.4, -0.2) is 96.6 Å². The molecule has 5 rings (SSSR count). The minimum atomic E-state index is -4.66. The minimum Gasteiger partial charge on any atom is -0.353 e. The van der Waals surface area contributed by atoms with Crippen molar-refractivity contribution in [3.8, 4) is 0 Å². The maximum atomic E-state index is 14.0. The molecule has 2 N–H and O–H groups in total. The van der Waals surface area contributed by atoms with Gasteiger partial charge in [-0.1, -0.05) is 30.3 Å². The number of hydrogen-bond donors (Lipinski definition) is 2. The monoisotopic (exact) mass is 559 g/mol. The van der Waals surface area contributed by atoms with E-state index in [1.807, 2.05) is 66.4 Å². The number of anilines is 1. The zero-order chi connectivity index (χ0) is 28.4. The molecule has 9 nitrogen and oxygen atoms in total.